The number of hydrogen-bond acceptors (Lipinski definition) is 6. The van der Waals surface area contributed by atoms with Gasteiger partial charge in [-0.15, -0.1) is 0 Å². The number of phenolic OH excluding ortho intramolecular Hbond substituents is 1. The molecule has 2 aliphatic rings. The number of aromatic hydroxyl groups is 1. The summed E-state index contributed by atoms with van der Waals surface area (Å²) in [7, 11) is 1.41. The van der Waals surface area contributed by atoms with E-state index in [0.29, 0.717) is 35.2 Å². The van der Waals surface area contributed by atoms with Gasteiger partial charge in [-0.25, -0.2) is 4.79 Å². The molecule has 1 aromatic rings. The molecule has 1 heterocycles. The molecule has 0 bridgehead atoms. The van der Waals surface area contributed by atoms with Gasteiger partial charge in [-0.05, 0) is 36.5 Å². The molecule has 0 amide bonds. The zero-order valence-electron chi connectivity index (χ0n) is 17.6. The zero-order valence-corrected chi connectivity index (χ0v) is 18.4. The molecule has 0 spiro atoms. The van der Waals surface area contributed by atoms with Crippen LogP contribution in [-0.2, 0) is 14.3 Å². The number of carbonyl (C=O) groups is 2. The van der Waals surface area contributed by atoms with Crippen molar-refractivity contribution in [1.29, 1.82) is 0 Å². The molecule has 1 atom stereocenters. The smallest absolute Gasteiger partial charge is 0.337 e. The van der Waals surface area contributed by atoms with Gasteiger partial charge < -0.3 is 19.9 Å². The summed E-state index contributed by atoms with van der Waals surface area (Å²) in [5, 5.41) is 13.5. The van der Waals surface area contributed by atoms with Crippen LogP contribution >= 0.6 is 11.6 Å². The van der Waals surface area contributed by atoms with E-state index in [1.54, 1.807) is 19.1 Å². The van der Waals surface area contributed by atoms with Crippen LogP contribution in [-0.4, -0.2) is 30.6 Å². The largest absolute Gasteiger partial charge is 0.503 e. The molecule has 2 N–H and O–H groups in total. The molecular weight excluding hydrogens is 406 g/mol. The van der Waals surface area contributed by atoms with Crippen molar-refractivity contribution in [2.75, 3.05) is 13.7 Å². The van der Waals surface area contributed by atoms with E-state index in [9.17, 15) is 14.7 Å². The lowest BCUT2D eigenvalue weighted by atomic mass is 9.68. The van der Waals surface area contributed by atoms with Crippen LogP contribution < -0.4 is 10.1 Å². The Kier molecular flexibility index (Phi) is 5.99. The normalized spacial score (nSPS) is 20.4. The maximum absolute atomic E-state index is 13.2. The highest BCUT2D eigenvalue weighted by molar-refractivity contribution is 6.32. The average molecular weight is 432 g/mol. The SMILES string of the molecule is C=CCOC(=O)C1=C(C)NC2=C(C(=O)CC(C)(C)C2)[C@H]1c1cc(Cl)c(O)c(OC)c1. The van der Waals surface area contributed by atoms with Gasteiger partial charge in [-0.2, -0.15) is 0 Å². The predicted octanol–water partition coefficient (Wildman–Crippen LogP) is 4.39. The molecule has 7 heteroatoms. The first-order valence-corrected chi connectivity index (χ1v) is 10.1. The summed E-state index contributed by atoms with van der Waals surface area (Å²) in [5.41, 5.74) is 2.63. The van der Waals surface area contributed by atoms with E-state index in [1.807, 2.05) is 13.8 Å². The van der Waals surface area contributed by atoms with Gasteiger partial charge in [0.2, 0.25) is 0 Å². The first-order chi connectivity index (χ1) is 14.1. The zero-order chi connectivity index (χ0) is 22.2. The minimum absolute atomic E-state index is 0.0385. The first-order valence-electron chi connectivity index (χ1n) is 9.68. The van der Waals surface area contributed by atoms with Crippen molar-refractivity contribution in [3.05, 3.63) is 57.9 Å². The molecule has 0 radical (unpaired) electrons. The van der Waals surface area contributed by atoms with Gasteiger partial charge in [0.05, 0.1) is 17.7 Å². The van der Waals surface area contributed by atoms with Crippen LogP contribution in [0.5, 0.6) is 11.5 Å². The number of ether oxygens (including phenoxy) is 2. The highest BCUT2D eigenvalue weighted by atomic mass is 35.5. The Balaban J connectivity index is 2.23. The van der Waals surface area contributed by atoms with Crippen LogP contribution in [0.15, 0.2) is 47.3 Å². The number of nitrogens with one attached hydrogen (secondary N) is 1. The van der Waals surface area contributed by atoms with Crippen LogP contribution in [0.1, 0.15) is 45.1 Å². The predicted molar refractivity (Wildman–Crippen MR) is 114 cm³/mol. The standard InChI is InChI=1S/C23H26ClNO5/c1-6-7-30-22(28)18-12(2)25-15-10-23(3,4)11-16(26)20(15)19(18)13-8-14(24)21(27)17(9-13)29-5/h6,8-9,19,25,27H,1,7,10-11H2,2-5H3/t19-/m0/s1. The number of dihydropyridines is 1. The van der Waals surface area contributed by atoms with Gasteiger partial charge in [0, 0.05) is 29.3 Å². The van der Waals surface area contributed by atoms with Crippen molar-refractivity contribution < 1.29 is 24.2 Å². The van der Waals surface area contributed by atoms with E-state index in [-0.39, 0.29) is 34.3 Å². The topological polar surface area (TPSA) is 84.9 Å². The van der Waals surface area contributed by atoms with Crippen LogP contribution in [0.3, 0.4) is 0 Å². The number of methoxy groups -OCH3 is 1. The summed E-state index contributed by atoms with van der Waals surface area (Å²) < 4.78 is 10.6. The molecule has 0 unspecified atom stereocenters. The third-order valence-corrected chi connectivity index (χ3v) is 5.68. The monoisotopic (exact) mass is 431 g/mol. The molecular formula is C23H26ClNO5. The lowest BCUT2D eigenvalue weighted by Gasteiger charge is -2.39. The average Bonchev–Trinajstić information content (AvgIpc) is 2.66. The Hall–Kier alpha value is -2.73. The van der Waals surface area contributed by atoms with Gasteiger partial charge in [-0.1, -0.05) is 38.1 Å². The van der Waals surface area contributed by atoms with Gasteiger partial charge in [-0.3, -0.25) is 4.79 Å². The Bertz CT molecular complexity index is 990. The number of benzene rings is 1. The number of halogens is 1. The fourth-order valence-electron chi connectivity index (χ4n) is 4.17. The minimum atomic E-state index is -0.686. The van der Waals surface area contributed by atoms with Gasteiger partial charge >= 0.3 is 5.97 Å². The molecule has 0 saturated carbocycles. The Morgan fingerprint density at radius 2 is 2.10 bits per heavy atom. The van der Waals surface area contributed by atoms with Crippen molar-refractivity contribution in [3.8, 4) is 11.5 Å². The van der Waals surface area contributed by atoms with Crippen molar-refractivity contribution in [2.24, 2.45) is 5.41 Å². The second kappa shape index (κ2) is 8.19. The number of ketones is 1. The summed E-state index contributed by atoms with van der Waals surface area (Å²) in [4.78, 5) is 26.2. The molecule has 0 fully saturated rings. The van der Waals surface area contributed by atoms with Gasteiger partial charge in [0.1, 0.15) is 6.61 Å². The van der Waals surface area contributed by atoms with Crippen LogP contribution in [0.2, 0.25) is 5.02 Å². The summed E-state index contributed by atoms with van der Waals surface area (Å²) in [6.45, 7) is 9.49. The number of Topliss-reactive ketones (excluding diaryl/α,β-unsaturated/α-hetero) is 1. The highest BCUT2D eigenvalue weighted by Gasteiger charge is 2.43. The van der Waals surface area contributed by atoms with Gasteiger partial charge in [0.15, 0.2) is 17.3 Å². The number of carbonyl (C=O) groups excluding carboxylic acids is 2. The van der Waals surface area contributed by atoms with E-state index in [4.69, 9.17) is 21.1 Å². The Morgan fingerprint density at radius 3 is 2.73 bits per heavy atom. The molecule has 160 valence electrons. The molecule has 1 aliphatic heterocycles. The lowest BCUT2D eigenvalue weighted by molar-refractivity contribution is -0.138. The van der Waals surface area contributed by atoms with Crippen LogP contribution in [0.25, 0.3) is 0 Å². The molecule has 3 rings (SSSR count). The molecule has 0 saturated heterocycles. The fourth-order valence-corrected chi connectivity index (χ4v) is 4.39. The summed E-state index contributed by atoms with van der Waals surface area (Å²) >= 11 is 6.23. The number of phenols is 1. The minimum Gasteiger partial charge on any atom is -0.503 e. The van der Waals surface area contributed by atoms with Crippen molar-refractivity contribution in [3.63, 3.8) is 0 Å². The number of esters is 1. The molecule has 6 nitrogen and oxygen atoms in total. The van der Waals surface area contributed by atoms with E-state index >= 15 is 0 Å². The summed E-state index contributed by atoms with van der Waals surface area (Å²) in [6.07, 6.45) is 2.51. The van der Waals surface area contributed by atoms with E-state index < -0.39 is 11.9 Å². The van der Waals surface area contributed by atoms with Crippen LogP contribution in [0.4, 0.5) is 0 Å². The number of allylic oxidation sites excluding steroid dienone is 3. The Morgan fingerprint density at radius 1 is 1.40 bits per heavy atom. The second-order valence-corrected chi connectivity index (χ2v) is 8.78. The van der Waals surface area contributed by atoms with E-state index in [1.165, 1.54) is 13.2 Å². The highest BCUT2D eigenvalue weighted by Crippen LogP contribution is 2.48. The van der Waals surface area contributed by atoms with Crippen molar-refractivity contribution in [1.82, 2.24) is 5.32 Å². The van der Waals surface area contributed by atoms with Crippen molar-refractivity contribution in [2.45, 2.75) is 39.5 Å². The third-order valence-electron chi connectivity index (χ3n) is 5.40. The molecule has 1 aromatic carbocycles. The number of hydrogen-bond donors (Lipinski definition) is 2. The fraction of sp³-hybridized carbons (Fsp3) is 0.391. The first kappa shape index (κ1) is 22.0. The molecule has 1 aliphatic carbocycles. The van der Waals surface area contributed by atoms with Crippen molar-refractivity contribution >= 4 is 23.4 Å². The maximum Gasteiger partial charge on any atom is 0.337 e. The maximum atomic E-state index is 13.2. The Labute approximate surface area is 181 Å². The molecule has 30 heavy (non-hydrogen) atoms. The second-order valence-electron chi connectivity index (χ2n) is 8.37. The van der Waals surface area contributed by atoms with E-state index in [0.717, 1.165) is 5.70 Å². The van der Waals surface area contributed by atoms with Gasteiger partial charge in [0.25, 0.3) is 0 Å². The summed E-state index contributed by atoms with van der Waals surface area (Å²) in [6, 6.07) is 3.16. The lowest BCUT2D eigenvalue weighted by Crippen LogP contribution is -2.38. The number of rotatable bonds is 5. The molecule has 0 aromatic heterocycles. The quantitative estimate of drug-likeness (QED) is 0.531. The van der Waals surface area contributed by atoms with Crippen LogP contribution in [0, 0.1) is 5.41 Å². The third kappa shape index (κ3) is 3.97. The summed E-state index contributed by atoms with van der Waals surface area (Å²) in [5.74, 6) is -1.30. The van der Waals surface area contributed by atoms with E-state index in [2.05, 4.69) is 11.9 Å².